The van der Waals surface area contributed by atoms with Crippen molar-refractivity contribution in [3.63, 3.8) is 0 Å². The number of amides is 2. The molecule has 1 saturated carbocycles. The Hall–Kier alpha value is -2.43. The summed E-state index contributed by atoms with van der Waals surface area (Å²) in [6.45, 7) is 4.55. The third-order valence-corrected chi connectivity index (χ3v) is 6.02. The molecule has 1 fully saturated rings. The summed E-state index contributed by atoms with van der Waals surface area (Å²) in [7, 11) is 0. The van der Waals surface area contributed by atoms with E-state index in [1.807, 2.05) is 43.0 Å². The van der Waals surface area contributed by atoms with Gasteiger partial charge in [0.1, 0.15) is 5.69 Å². The minimum Gasteiger partial charge on any atom is -0.350 e. The zero-order chi connectivity index (χ0) is 19.0. The first-order chi connectivity index (χ1) is 13.1. The first-order valence-corrected chi connectivity index (χ1v) is 10.1. The van der Waals surface area contributed by atoms with Gasteiger partial charge in [0.2, 0.25) is 0 Å². The highest BCUT2D eigenvalue weighted by Crippen LogP contribution is 2.34. The van der Waals surface area contributed by atoms with Gasteiger partial charge in [-0.25, -0.2) is 4.98 Å². The van der Waals surface area contributed by atoms with Crippen LogP contribution in [0.3, 0.4) is 0 Å². The molecule has 0 saturated heterocycles. The van der Waals surface area contributed by atoms with Crippen molar-refractivity contribution in [1.82, 2.24) is 15.2 Å². The molecule has 2 amide bonds. The second-order valence-corrected chi connectivity index (χ2v) is 7.84. The van der Waals surface area contributed by atoms with Crippen molar-refractivity contribution >= 4 is 22.7 Å². The smallest absolute Gasteiger partial charge is 0.273 e. The number of hydrogen-bond acceptors (Lipinski definition) is 3. The number of nitrogens with zero attached hydrogens (tertiary/aromatic N) is 2. The maximum Gasteiger partial charge on any atom is 0.273 e. The van der Waals surface area contributed by atoms with Gasteiger partial charge >= 0.3 is 0 Å². The normalized spacial score (nSPS) is 18.6. The van der Waals surface area contributed by atoms with Crippen molar-refractivity contribution in [2.45, 2.75) is 71.0 Å². The van der Waals surface area contributed by atoms with Gasteiger partial charge in [0.25, 0.3) is 11.8 Å². The molecule has 27 heavy (non-hydrogen) atoms. The number of para-hydroxylation sites is 1. The molecule has 1 aliphatic heterocycles. The Kier molecular flexibility index (Phi) is 4.85. The Morgan fingerprint density at radius 3 is 2.74 bits per heavy atom. The van der Waals surface area contributed by atoms with E-state index in [9.17, 15) is 9.59 Å². The monoisotopic (exact) mass is 365 g/mol. The molecule has 1 aliphatic carbocycles. The molecule has 5 nitrogen and oxygen atoms in total. The van der Waals surface area contributed by atoms with E-state index in [0.717, 1.165) is 30.2 Å². The van der Waals surface area contributed by atoms with Crippen LogP contribution < -0.4 is 5.32 Å². The predicted molar refractivity (Wildman–Crippen MR) is 106 cm³/mol. The summed E-state index contributed by atoms with van der Waals surface area (Å²) in [5.41, 5.74) is 2.60. The zero-order valence-electron chi connectivity index (χ0n) is 16.1. The lowest BCUT2D eigenvalue weighted by molar-refractivity contribution is 0.0655. The van der Waals surface area contributed by atoms with Gasteiger partial charge in [-0.15, -0.1) is 0 Å². The van der Waals surface area contributed by atoms with Gasteiger partial charge in [0.15, 0.2) is 0 Å². The number of fused-ring (bicyclic) bond motifs is 2. The predicted octanol–water partition coefficient (Wildman–Crippen LogP) is 4.05. The Balaban J connectivity index is 1.79. The Labute approximate surface area is 160 Å². The minimum atomic E-state index is -0.0995. The van der Waals surface area contributed by atoms with Crippen molar-refractivity contribution in [2.24, 2.45) is 0 Å². The van der Waals surface area contributed by atoms with Gasteiger partial charge in [-0.3, -0.25) is 9.59 Å². The third-order valence-electron chi connectivity index (χ3n) is 6.02. The second kappa shape index (κ2) is 7.29. The number of benzene rings is 1. The van der Waals surface area contributed by atoms with E-state index in [4.69, 9.17) is 0 Å². The summed E-state index contributed by atoms with van der Waals surface area (Å²) in [4.78, 5) is 32.8. The standard InChI is InChI=1S/C22H27N3O2/c1-3-14(2)23-21(26)19-16-11-7-8-12-18(16)24-20-17(19)13-25(22(20)27)15-9-5-4-6-10-15/h7-8,11-12,14-15H,3-6,9-10,13H2,1-2H3,(H,23,26)/t14-/m0/s1. The lowest BCUT2D eigenvalue weighted by atomic mass is 9.94. The highest BCUT2D eigenvalue weighted by atomic mass is 16.2. The lowest BCUT2D eigenvalue weighted by Gasteiger charge is -2.30. The maximum atomic E-state index is 13.1. The van der Waals surface area contributed by atoms with Crippen LogP contribution in [-0.4, -0.2) is 33.8 Å². The van der Waals surface area contributed by atoms with Crippen LogP contribution in [0.1, 0.15) is 78.8 Å². The van der Waals surface area contributed by atoms with Gasteiger partial charge in [-0.2, -0.15) is 0 Å². The summed E-state index contributed by atoms with van der Waals surface area (Å²) in [6, 6.07) is 8.00. The van der Waals surface area contributed by atoms with Crippen molar-refractivity contribution in [3.05, 3.63) is 41.1 Å². The molecule has 5 heteroatoms. The summed E-state index contributed by atoms with van der Waals surface area (Å²) in [6.07, 6.45) is 6.55. The fraction of sp³-hybridized carbons (Fsp3) is 0.500. The Morgan fingerprint density at radius 2 is 2.00 bits per heavy atom. The van der Waals surface area contributed by atoms with E-state index in [-0.39, 0.29) is 23.9 Å². The van der Waals surface area contributed by atoms with Crippen molar-refractivity contribution in [1.29, 1.82) is 0 Å². The van der Waals surface area contributed by atoms with Gasteiger partial charge in [-0.05, 0) is 32.3 Å². The Morgan fingerprint density at radius 1 is 1.26 bits per heavy atom. The fourth-order valence-electron chi connectivity index (χ4n) is 4.31. The van der Waals surface area contributed by atoms with Crippen LogP contribution in [0.5, 0.6) is 0 Å². The number of rotatable bonds is 4. The fourth-order valence-corrected chi connectivity index (χ4v) is 4.31. The molecule has 1 aromatic carbocycles. The molecule has 1 atom stereocenters. The Bertz CT molecular complexity index is 887. The van der Waals surface area contributed by atoms with Crippen molar-refractivity contribution in [2.75, 3.05) is 0 Å². The number of aromatic nitrogens is 1. The summed E-state index contributed by atoms with van der Waals surface area (Å²) in [5, 5.41) is 3.91. The minimum absolute atomic E-state index is 0.0137. The maximum absolute atomic E-state index is 13.1. The topological polar surface area (TPSA) is 62.3 Å². The van der Waals surface area contributed by atoms with Crippen LogP contribution in [0.15, 0.2) is 24.3 Å². The van der Waals surface area contributed by atoms with Crippen LogP contribution in [0.2, 0.25) is 0 Å². The van der Waals surface area contributed by atoms with Crippen molar-refractivity contribution < 1.29 is 9.59 Å². The molecule has 0 unspecified atom stereocenters. The van der Waals surface area contributed by atoms with Crippen LogP contribution in [0.25, 0.3) is 10.9 Å². The largest absolute Gasteiger partial charge is 0.350 e. The molecule has 2 heterocycles. The molecule has 4 rings (SSSR count). The van der Waals surface area contributed by atoms with Gasteiger partial charge in [0, 0.05) is 29.6 Å². The van der Waals surface area contributed by atoms with Crippen LogP contribution in [0, 0.1) is 0 Å². The molecule has 2 aliphatic rings. The van der Waals surface area contributed by atoms with E-state index in [1.165, 1.54) is 19.3 Å². The number of carbonyl (C=O) groups excluding carboxylic acids is 2. The summed E-state index contributed by atoms with van der Waals surface area (Å²) in [5.74, 6) is -0.113. The van der Waals surface area contributed by atoms with Crippen LogP contribution >= 0.6 is 0 Å². The first kappa shape index (κ1) is 18.0. The number of nitrogens with one attached hydrogen (secondary N) is 1. The summed E-state index contributed by atoms with van der Waals surface area (Å²) >= 11 is 0. The van der Waals surface area contributed by atoms with E-state index in [2.05, 4.69) is 10.3 Å². The van der Waals surface area contributed by atoms with Gasteiger partial charge in [-0.1, -0.05) is 44.4 Å². The molecule has 142 valence electrons. The molecular weight excluding hydrogens is 338 g/mol. The molecule has 0 radical (unpaired) electrons. The SMILES string of the molecule is CC[C@H](C)NC(=O)c1c2c(nc3ccccc13)C(=O)N(C1CCCCC1)C2. The van der Waals surface area contributed by atoms with E-state index >= 15 is 0 Å². The van der Waals surface area contributed by atoms with E-state index in [0.29, 0.717) is 23.3 Å². The highest BCUT2D eigenvalue weighted by molar-refractivity contribution is 6.11. The quantitative estimate of drug-likeness (QED) is 0.889. The molecule has 0 spiro atoms. The third kappa shape index (κ3) is 3.20. The van der Waals surface area contributed by atoms with E-state index < -0.39 is 0 Å². The van der Waals surface area contributed by atoms with Gasteiger partial charge < -0.3 is 10.2 Å². The first-order valence-electron chi connectivity index (χ1n) is 10.1. The second-order valence-electron chi connectivity index (χ2n) is 7.84. The van der Waals surface area contributed by atoms with E-state index in [1.54, 1.807) is 0 Å². The molecule has 2 aromatic rings. The molecule has 1 N–H and O–H groups in total. The lowest BCUT2D eigenvalue weighted by Crippen LogP contribution is -2.37. The number of hydrogen-bond donors (Lipinski definition) is 1. The zero-order valence-corrected chi connectivity index (χ0v) is 16.1. The number of carbonyl (C=O) groups is 2. The van der Waals surface area contributed by atoms with Crippen LogP contribution in [-0.2, 0) is 6.54 Å². The molecule has 1 aromatic heterocycles. The average molecular weight is 365 g/mol. The molecular formula is C22H27N3O2. The summed E-state index contributed by atoms with van der Waals surface area (Å²) < 4.78 is 0. The molecule has 0 bridgehead atoms. The van der Waals surface area contributed by atoms with Crippen molar-refractivity contribution in [3.8, 4) is 0 Å². The van der Waals surface area contributed by atoms with Gasteiger partial charge in [0.05, 0.1) is 11.1 Å². The highest BCUT2D eigenvalue weighted by Gasteiger charge is 2.38. The van der Waals surface area contributed by atoms with Crippen LogP contribution in [0.4, 0.5) is 0 Å². The average Bonchev–Trinajstić information content (AvgIpc) is 3.02. The number of pyridine rings is 1.